The second-order valence-electron chi connectivity index (χ2n) is 4.15. The molecular weight excluding hydrogens is 223 g/mol. The van der Waals surface area contributed by atoms with E-state index in [9.17, 15) is 4.39 Å². The van der Waals surface area contributed by atoms with Crippen LogP contribution in [0.5, 0.6) is 0 Å². The highest BCUT2D eigenvalue weighted by molar-refractivity contribution is 7.99. The molecule has 0 spiro atoms. The number of nitrogens with two attached hydrogens (primary N) is 1. The number of thioether (sulfide) groups is 1. The van der Waals surface area contributed by atoms with Crippen molar-refractivity contribution in [3.8, 4) is 0 Å². The number of rotatable bonds is 4. The molecule has 1 saturated heterocycles. The lowest BCUT2D eigenvalue weighted by molar-refractivity contribution is 0.357. The van der Waals surface area contributed by atoms with Crippen molar-refractivity contribution in [2.24, 2.45) is 5.73 Å². The number of hydrogen-bond acceptors (Lipinski definition) is 3. The van der Waals surface area contributed by atoms with Gasteiger partial charge in [0, 0.05) is 29.8 Å². The van der Waals surface area contributed by atoms with Gasteiger partial charge in [-0.05, 0) is 37.2 Å². The number of likely N-dealkylation sites (tertiary alicyclic amines) is 1. The van der Waals surface area contributed by atoms with Gasteiger partial charge in [0.2, 0.25) is 0 Å². The summed E-state index contributed by atoms with van der Waals surface area (Å²) in [5.41, 5.74) is 5.83. The smallest absolute Gasteiger partial charge is 0.123 e. The molecule has 88 valence electrons. The van der Waals surface area contributed by atoms with Gasteiger partial charge in [-0.25, -0.2) is 4.39 Å². The number of hydrogen-bond donors (Lipinski definition) is 1. The fraction of sp³-hybridized carbons (Fsp3) is 0.500. The van der Waals surface area contributed by atoms with Crippen LogP contribution in [-0.4, -0.2) is 36.3 Å². The molecule has 2 nitrogen and oxygen atoms in total. The average molecular weight is 240 g/mol. The Labute approximate surface area is 100 Å². The van der Waals surface area contributed by atoms with Crippen molar-refractivity contribution in [3.63, 3.8) is 0 Å². The Morgan fingerprint density at radius 1 is 1.38 bits per heavy atom. The molecular formula is C12H17FN2S. The molecule has 0 aliphatic carbocycles. The molecule has 0 unspecified atom stereocenters. The third-order valence-electron chi connectivity index (χ3n) is 2.80. The van der Waals surface area contributed by atoms with Crippen molar-refractivity contribution in [2.45, 2.75) is 17.4 Å². The Morgan fingerprint density at radius 2 is 2.12 bits per heavy atom. The lowest BCUT2D eigenvalue weighted by Gasteiger charge is -2.14. The van der Waals surface area contributed by atoms with Crippen LogP contribution in [0.25, 0.3) is 0 Å². The molecule has 2 rings (SSSR count). The second kappa shape index (κ2) is 5.66. The fourth-order valence-corrected chi connectivity index (χ4v) is 2.80. The number of nitrogens with zero attached hydrogens (tertiary/aromatic N) is 1. The Balaban J connectivity index is 1.70. The predicted molar refractivity (Wildman–Crippen MR) is 66.2 cm³/mol. The van der Waals surface area contributed by atoms with E-state index in [1.807, 2.05) is 12.1 Å². The van der Waals surface area contributed by atoms with E-state index in [4.69, 9.17) is 5.73 Å². The lowest BCUT2D eigenvalue weighted by Crippen LogP contribution is -2.28. The highest BCUT2D eigenvalue weighted by Gasteiger charge is 2.17. The molecule has 1 atom stereocenters. The van der Waals surface area contributed by atoms with Gasteiger partial charge in [-0.1, -0.05) is 0 Å². The lowest BCUT2D eigenvalue weighted by atomic mass is 10.3. The van der Waals surface area contributed by atoms with Gasteiger partial charge < -0.3 is 10.6 Å². The molecule has 0 saturated carbocycles. The summed E-state index contributed by atoms with van der Waals surface area (Å²) in [6.07, 6.45) is 1.11. The van der Waals surface area contributed by atoms with E-state index in [0.717, 1.165) is 36.7 Å². The summed E-state index contributed by atoms with van der Waals surface area (Å²) in [6.45, 7) is 3.20. The van der Waals surface area contributed by atoms with E-state index in [-0.39, 0.29) is 5.82 Å². The minimum Gasteiger partial charge on any atom is -0.326 e. The monoisotopic (exact) mass is 240 g/mol. The zero-order valence-corrected chi connectivity index (χ0v) is 10.0. The summed E-state index contributed by atoms with van der Waals surface area (Å²) >= 11 is 1.77. The standard InChI is InChI=1S/C12H17FN2S/c13-10-1-3-12(4-2-10)16-8-7-15-6-5-11(14)9-15/h1-4,11H,5-9,14H2/t11-/m1/s1. The molecule has 4 heteroatoms. The van der Waals surface area contributed by atoms with E-state index in [1.54, 1.807) is 11.8 Å². The molecule has 0 aromatic heterocycles. The first kappa shape index (κ1) is 11.9. The van der Waals surface area contributed by atoms with Crippen LogP contribution in [0.1, 0.15) is 6.42 Å². The Morgan fingerprint density at radius 3 is 2.75 bits per heavy atom. The van der Waals surface area contributed by atoms with Gasteiger partial charge in [0.15, 0.2) is 0 Å². The van der Waals surface area contributed by atoms with Crippen LogP contribution in [-0.2, 0) is 0 Å². The van der Waals surface area contributed by atoms with E-state index in [0.29, 0.717) is 6.04 Å². The summed E-state index contributed by atoms with van der Waals surface area (Å²) in [7, 11) is 0. The van der Waals surface area contributed by atoms with Crippen molar-refractivity contribution < 1.29 is 4.39 Å². The SMILES string of the molecule is N[C@@H]1CCN(CCSc2ccc(F)cc2)C1. The summed E-state index contributed by atoms with van der Waals surface area (Å²) < 4.78 is 12.7. The molecule has 1 aliphatic heterocycles. The van der Waals surface area contributed by atoms with Crippen LogP contribution in [0.15, 0.2) is 29.2 Å². The molecule has 1 aliphatic rings. The first-order valence-corrected chi connectivity index (χ1v) is 6.59. The van der Waals surface area contributed by atoms with E-state index in [1.165, 1.54) is 12.1 Å². The van der Waals surface area contributed by atoms with Crippen LogP contribution in [0.4, 0.5) is 4.39 Å². The normalized spacial score (nSPS) is 21.5. The predicted octanol–water partition coefficient (Wildman–Crippen LogP) is 1.95. The van der Waals surface area contributed by atoms with Gasteiger partial charge in [-0.2, -0.15) is 0 Å². The van der Waals surface area contributed by atoms with Gasteiger partial charge in [-0.3, -0.25) is 0 Å². The van der Waals surface area contributed by atoms with E-state index in [2.05, 4.69) is 4.90 Å². The highest BCUT2D eigenvalue weighted by Crippen LogP contribution is 2.18. The Bertz CT molecular complexity index is 328. The maximum absolute atomic E-state index is 12.7. The van der Waals surface area contributed by atoms with Crippen LogP contribution in [0.2, 0.25) is 0 Å². The average Bonchev–Trinajstić information content (AvgIpc) is 2.67. The zero-order valence-electron chi connectivity index (χ0n) is 9.23. The molecule has 2 N–H and O–H groups in total. The van der Waals surface area contributed by atoms with Crippen molar-refractivity contribution in [1.29, 1.82) is 0 Å². The number of benzene rings is 1. The maximum atomic E-state index is 12.7. The van der Waals surface area contributed by atoms with Crippen LogP contribution >= 0.6 is 11.8 Å². The summed E-state index contributed by atoms with van der Waals surface area (Å²) in [6, 6.07) is 7.03. The largest absolute Gasteiger partial charge is 0.326 e. The summed E-state index contributed by atoms with van der Waals surface area (Å²) in [5, 5.41) is 0. The fourth-order valence-electron chi connectivity index (χ4n) is 1.89. The molecule has 1 aromatic rings. The first-order chi connectivity index (χ1) is 7.74. The molecule has 1 heterocycles. The first-order valence-electron chi connectivity index (χ1n) is 5.60. The van der Waals surface area contributed by atoms with Gasteiger partial charge in [0.05, 0.1) is 0 Å². The molecule has 1 aromatic carbocycles. The van der Waals surface area contributed by atoms with Gasteiger partial charge in [-0.15, -0.1) is 11.8 Å². The quantitative estimate of drug-likeness (QED) is 0.816. The van der Waals surface area contributed by atoms with Gasteiger partial charge in [0.25, 0.3) is 0 Å². The minimum atomic E-state index is -0.171. The molecule has 0 amide bonds. The van der Waals surface area contributed by atoms with Crippen LogP contribution < -0.4 is 5.73 Å². The topological polar surface area (TPSA) is 29.3 Å². The van der Waals surface area contributed by atoms with E-state index < -0.39 is 0 Å². The molecule has 1 fully saturated rings. The van der Waals surface area contributed by atoms with E-state index >= 15 is 0 Å². The summed E-state index contributed by atoms with van der Waals surface area (Å²) in [4.78, 5) is 3.52. The molecule has 0 bridgehead atoms. The van der Waals surface area contributed by atoms with Crippen molar-refractivity contribution in [3.05, 3.63) is 30.1 Å². The third-order valence-corrected chi connectivity index (χ3v) is 3.79. The number of halogens is 1. The Kier molecular flexibility index (Phi) is 4.21. The van der Waals surface area contributed by atoms with Crippen LogP contribution in [0, 0.1) is 5.82 Å². The Hall–Kier alpha value is -0.580. The zero-order chi connectivity index (χ0) is 11.4. The van der Waals surface area contributed by atoms with Crippen LogP contribution in [0.3, 0.4) is 0 Å². The van der Waals surface area contributed by atoms with Crippen molar-refractivity contribution >= 4 is 11.8 Å². The molecule has 0 radical (unpaired) electrons. The minimum absolute atomic E-state index is 0.171. The second-order valence-corrected chi connectivity index (χ2v) is 5.32. The van der Waals surface area contributed by atoms with Crippen molar-refractivity contribution in [1.82, 2.24) is 4.90 Å². The highest BCUT2D eigenvalue weighted by atomic mass is 32.2. The molecule has 16 heavy (non-hydrogen) atoms. The van der Waals surface area contributed by atoms with Gasteiger partial charge in [0.1, 0.15) is 5.82 Å². The summed E-state index contributed by atoms with van der Waals surface area (Å²) in [5.74, 6) is 0.869. The van der Waals surface area contributed by atoms with Crippen molar-refractivity contribution in [2.75, 3.05) is 25.4 Å². The third kappa shape index (κ3) is 3.47. The maximum Gasteiger partial charge on any atom is 0.123 e. The van der Waals surface area contributed by atoms with Gasteiger partial charge >= 0.3 is 0 Å².